The molecule has 4 nitrogen and oxygen atoms in total. The van der Waals surface area contributed by atoms with E-state index in [1.807, 2.05) is 12.1 Å². The molecule has 1 aliphatic rings. The van der Waals surface area contributed by atoms with Crippen LogP contribution in [0.15, 0.2) is 24.3 Å². The monoisotopic (exact) mass is 291 g/mol. The summed E-state index contributed by atoms with van der Waals surface area (Å²) in [4.78, 5) is 4.98. The number of hydrogen-bond acceptors (Lipinski definition) is 4. The summed E-state index contributed by atoms with van der Waals surface area (Å²) in [6.45, 7) is 8.78. The maximum absolute atomic E-state index is 6.31. The molecule has 0 spiro atoms. The summed E-state index contributed by atoms with van der Waals surface area (Å²) >= 11 is 0. The Morgan fingerprint density at radius 3 is 2.10 bits per heavy atom. The molecule has 1 saturated heterocycles. The lowest BCUT2D eigenvalue weighted by atomic mass is 9.96. The fourth-order valence-corrected chi connectivity index (χ4v) is 3.32. The number of nitrogens with two attached hydrogens (primary N) is 1. The first-order valence-corrected chi connectivity index (χ1v) is 7.79. The van der Waals surface area contributed by atoms with Gasteiger partial charge in [-0.15, -0.1) is 0 Å². The van der Waals surface area contributed by atoms with Gasteiger partial charge in [0.1, 0.15) is 5.75 Å². The highest BCUT2D eigenvalue weighted by Crippen LogP contribution is 2.29. The van der Waals surface area contributed by atoms with Crippen LogP contribution in [0.2, 0.25) is 0 Å². The van der Waals surface area contributed by atoms with Crippen molar-refractivity contribution in [3.63, 3.8) is 0 Å². The van der Waals surface area contributed by atoms with Crippen LogP contribution >= 0.6 is 0 Å². The van der Waals surface area contributed by atoms with Gasteiger partial charge in [-0.3, -0.25) is 9.80 Å². The molecule has 1 heterocycles. The molecule has 0 bridgehead atoms. The van der Waals surface area contributed by atoms with E-state index in [0.29, 0.717) is 12.1 Å². The molecule has 0 amide bonds. The predicted octanol–water partition coefficient (Wildman–Crippen LogP) is 2.11. The van der Waals surface area contributed by atoms with Crippen molar-refractivity contribution >= 4 is 0 Å². The molecular formula is C17H29N3O. The Balaban J connectivity index is 2.22. The molecule has 2 rings (SSSR count). The van der Waals surface area contributed by atoms with Crippen molar-refractivity contribution in [2.24, 2.45) is 5.73 Å². The van der Waals surface area contributed by atoms with E-state index >= 15 is 0 Å². The van der Waals surface area contributed by atoms with Crippen molar-refractivity contribution in [3.05, 3.63) is 29.8 Å². The molecule has 4 heteroatoms. The lowest BCUT2D eigenvalue weighted by molar-refractivity contribution is 0.0274. The number of hydrogen-bond donors (Lipinski definition) is 1. The van der Waals surface area contributed by atoms with Gasteiger partial charge in [0.2, 0.25) is 0 Å². The van der Waals surface area contributed by atoms with Crippen molar-refractivity contribution in [2.45, 2.75) is 44.9 Å². The van der Waals surface area contributed by atoms with Crippen LogP contribution < -0.4 is 10.5 Å². The minimum atomic E-state index is 0.0983. The zero-order valence-electron chi connectivity index (χ0n) is 13.9. The van der Waals surface area contributed by atoms with E-state index in [-0.39, 0.29) is 12.1 Å². The van der Waals surface area contributed by atoms with Crippen molar-refractivity contribution < 1.29 is 4.74 Å². The summed E-state index contributed by atoms with van der Waals surface area (Å²) < 4.78 is 5.25. The highest BCUT2D eigenvalue weighted by atomic mass is 16.5. The Labute approximate surface area is 128 Å². The molecule has 1 aliphatic heterocycles. The third-order valence-electron chi connectivity index (χ3n) is 4.74. The predicted molar refractivity (Wildman–Crippen MR) is 87.6 cm³/mol. The molecule has 4 atom stereocenters. The quantitative estimate of drug-likeness (QED) is 0.922. The molecule has 1 fully saturated rings. The summed E-state index contributed by atoms with van der Waals surface area (Å²) in [6, 6.07) is 9.78. The number of benzene rings is 1. The average Bonchev–Trinajstić information content (AvgIpc) is 2.45. The van der Waals surface area contributed by atoms with E-state index in [2.05, 4.69) is 49.8 Å². The summed E-state index contributed by atoms with van der Waals surface area (Å²) in [5.74, 6) is 0.891. The highest BCUT2D eigenvalue weighted by Gasteiger charge is 2.33. The second-order valence-corrected chi connectivity index (χ2v) is 6.39. The van der Waals surface area contributed by atoms with Gasteiger partial charge in [0.15, 0.2) is 0 Å². The van der Waals surface area contributed by atoms with Crippen molar-refractivity contribution in [3.8, 4) is 5.75 Å². The normalized spacial score (nSPS) is 27.3. The molecule has 1 aromatic carbocycles. The van der Waals surface area contributed by atoms with Crippen LogP contribution in [0, 0.1) is 0 Å². The number of likely N-dealkylation sites (N-methyl/N-ethyl adjacent to an activating group) is 1. The van der Waals surface area contributed by atoms with Gasteiger partial charge in [-0.05, 0) is 45.5 Å². The van der Waals surface area contributed by atoms with Crippen LogP contribution in [0.4, 0.5) is 0 Å². The van der Waals surface area contributed by atoms with Gasteiger partial charge in [-0.1, -0.05) is 12.1 Å². The first-order valence-electron chi connectivity index (χ1n) is 7.79. The molecule has 118 valence electrons. The molecular weight excluding hydrogens is 262 g/mol. The minimum Gasteiger partial charge on any atom is -0.497 e. The van der Waals surface area contributed by atoms with Crippen LogP contribution in [-0.4, -0.2) is 55.2 Å². The van der Waals surface area contributed by atoms with Gasteiger partial charge in [-0.2, -0.15) is 0 Å². The highest BCUT2D eigenvalue weighted by molar-refractivity contribution is 5.30. The molecule has 2 N–H and O–H groups in total. The van der Waals surface area contributed by atoms with E-state index in [9.17, 15) is 0 Å². The summed E-state index contributed by atoms with van der Waals surface area (Å²) in [5, 5.41) is 0. The van der Waals surface area contributed by atoms with E-state index in [1.165, 1.54) is 5.56 Å². The SMILES string of the molecule is COc1ccc(C(C(C)N)N2CC(C)N(C)C(C)C2)cc1. The van der Waals surface area contributed by atoms with Crippen LogP contribution in [0.3, 0.4) is 0 Å². The fraction of sp³-hybridized carbons (Fsp3) is 0.647. The molecule has 1 aromatic rings. The van der Waals surface area contributed by atoms with Gasteiger partial charge in [0.05, 0.1) is 7.11 Å². The van der Waals surface area contributed by atoms with Crippen LogP contribution in [0.25, 0.3) is 0 Å². The second kappa shape index (κ2) is 6.77. The van der Waals surface area contributed by atoms with Gasteiger partial charge in [0.25, 0.3) is 0 Å². The molecule has 0 radical (unpaired) electrons. The number of piperazine rings is 1. The molecule has 0 aliphatic carbocycles. The Morgan fingerprint density at radius 2 is 1.67 bits per heavy atom. The van der Waals surface area contributed by atoms with Crippen LogP contribution in [0.1, 0.15) is 32.4 Å². The zero-order chi connectivity index (χ0) is 15.6. The minimum absolute atomic E-state index is 0.0983. The zero-order valence-corrected chi connectivity index (χ0v) is 13.9. The smallest absolute Gasteiger partial charge is 0.118 e. The maximum atomic E-state index is 6.31. The fourth-order valence-electron chi connectivity index (χ4n) is 3.32. The van der Waals surface area contributed by atoms with E-state index in [1.54, 1.807) is 7.11 Å². The Hall–Kier alpha value is -1.10. The van der Waals surface area contributed by atoms with E-state index < -0.39 is 0 Å². The summed E-state index contributed by atoms with van der Waals surface area (Å²) in [7, 11) is 3.91. The Bertz CT molecular complexity index is 434. The van der Waals surface area contributed by atoms with E-state index in [0.717, 1.165) is 18.8 Å². The molecule has 21 heavy (non-hydrogen) atoms. The lowest BCUT2D eigenvalue weighted by Gasteiger charge is -2.46. The third kappa shape index (κ3) is 3.57. The van der Waals surface area contributed by atoms with Crippen LogP contribution in [-0.2, 0) is 0 Å². The lowest BCUT2D eigenvalue weighted by Crippen LogP contribution is -2.57. The summed E-state index contributed by atoms with van der Waals surface area (Å²) in [5.41, 5.74) is 7.58. The number of nitrogens with zero attached hydrogens (tertiary/aromatic N) is 2. The topological polar surface area (TPSA) is 41.7 Å². The van der Waals surface area contributed by atoms with Crippen molar-refractivity contribution in [1.82, 2.24) is 9.80 Å². The largest absolute Gasteiger partial charge is 0.497 e. The molecule has 0 aromatic heterocycles. The number of ether oxygens (including phenoxy) is 1. The van der Waals surface area contributed by atoms with Crippen molar-refractivity contribution in [2.75, 3.05) is 27.2 Å². The van der Waals surface area contributed by atoms with Gasteiger partial charge < -0.3 is 10.5 Å². The van der Waals surface area contributed by atoms with Gasteiger partial charge in [0, 0.05) is 37.3 Å². The standard InChI is InChI=1S/C17H29N3O/c1-12-10-20(11-13(2)19(12)4)17(14(3)18)15-6-8-16(21-5)9-7-15/h6-9,12-14,17H,10-11,18H2,1-5H3. The summed E-state index contributed by atoms with van der Waals surface area (Å²) in [6.07, 6.45) is 0. The number of rotatable bonds is 4. The Kier molecular flexibility index (Phi) is 5.25. The number of methoxy groups -OCH3 is 1. The first kappa shape index (κ1) is 16.3. The second-order valence-electron chi connectivity index (χ2n) is 6.39. The van der Waals surface area contributed by atoms with Gasteiger partial charge in [-0.25, -0.2) is 0 Å². The van der Waals surface area contributed by atoms with E-state index in [4.69, 9.17) is 10.5 Å². The molecule has 4 unspecified atom stereocenters. The average molecular weight is 291 g/mol. The van der Waals surface area contributed by atoms with Crippen molar-refractivity contribution in [1.29, 1.82) is 0 Å². The Morgan fingerprint density at radius 1 is 1.14 bits per heavy atom. The first-order chi connectivity index (χ1) is 9.93. The molecule has 0 saturated carbocycles. The van der Waals surface area contributed by atoms with Crippen LogP contribution in [0.5, 0.6) is 5.75 Å². The third-order valence-corrected chi connectivity index (χ3v) is 4.74. The van der Waals surface area contributed by atoms with Gasteiger partial charge >= 0.3 is 0 Å². The maximum Gasteiger partial charge on any atom is 0.118 e.